The van der Waals surface area contributed by atoms with Crippen molar-refractivity contribution in [1.29, 1.82) is 0 Å². The summed E-state index contributed by atoms with van der Waals surface area (Å²) in [7, 11) is 3.06. The number of aryl methyl sites for hydroxylation is 1. The molecule has 0 aliphatic rings. The number of anilines is 1. The second-order valence-electron chi connectivity index (χ2n) is 7.02. The van der Waals surface area contributed by atoms with Crippen LogP contribution in [-0.2, 0) is 20.6 Å². The summed E-state index contributed by atoms with van der Waals surface area (Å²) >= 11 is 0. The summed E-state index contributed by atoms with van der Waals surface area (Å²) in [4.78, 5) is 29.4. The number of nitrogens with two attached hydrogens (primary N) is 1. The molecular weight excluding hydrogens is 384 g/mol. The second-order valence-corrected chi connectivity index (χ2v) is 7.02. The molecule has 0 radical (unpaired) electrons. The Balaban J connectivity index is 0.00000392. The summed E-state index contributed by atoms with van der Waals surface area (Å²) in [6.45, 7) is 6.72. The molecule has 0 aliphatic heterocycles. The van der Waals surface area contributed by atoms with Gasteiger partial charge in [0.1, 0.15) is 12.6 Å². The summed E-state index contributed by atoms with van der Waals surface area (Å²) in [6.07, 6.45) is 3.60. The van der Waals surface area contributed by atoms with Crippen LogP contribution < -0.4 is 34.3 Å². The van der Waals surface area contributed by atoms with E-state index in [1.165, 1.54) is 11.6 Å². The van der Waals surface area contributed by atoms with E-state index in [4.69, 9.17) is 0 Å². The van der Waals surface area contributed by atoms with Gasteiger partial charge in [0.05, 0.1) is 13.1 Å². The number of aliphatic hydroxyl groups excluding tert-OH is 1. The van der Waals surface area contributed by atoms with E-state index in [9.17, 15) is 14.7 Å². The summed E-state index contributed by atoms with van der Waals surface area (Å²) < 4.78 is 4.17. The highest BCUT2D eigenvalue weighted by molar-refractivity contribution is 5.74. The maximum atomic E-state index is 12.7. The van der Waals surface area contributed by atoms with Crippen molar-refractivity contribution in [3.8, 4) is 0 Å². The van der Waals surface area contributed by atoms with Gasteiger partial charge in [-0.05, 0) is 12.8 Å². The van der Waals surface area contributed by atoms with Crippen molar-refractivity contribution >= 4 is 17.1 Å². The average Bonchev–Trinajstić information content (AvgIpc) is 3.00. The minimum absolute atomic E-state index is 0. The molecule has 10 heteroatoms. The topological polar surface area (TPSA) is 111 Å². The van der Waals surface area contributed by atoms with E-state index in [2.05, 4.69) is 29.5 Å². The number of nitrogens with one attached hydrogen (secondary N) is 1. The summed E-state index contributed by atoms with van der Waals surface area (Å²) in [5.41, 5.74) is -0.132. The molecule has 2 aromatic heterocycles. The average molecular weight is 417 g/mol. The minimum atomic E-state index is -0.618. The van der Waals surface area contributed by atoms with Gasteiger partial charge in [-0.2, -0.15) is 4.98 Å². The van der Waals surface area contributed by atoms with Gasteiger partial charge in [-0.25, -0.2) is 4.79 Å². The predicted octanol–water partition coefficient (Wildman–Crippen LogP) is -3.63. The zero-order valence-electron chi connectivity index (χ0n) is 17.2. The van der Waals surface area contributed by atoms with Crippen LogP contribution in [0.3, 0.4) is 0 Å². The molecule has 1 atom stereocenters. The number of unbranched alkanes of at least 4 members (excludes halogenated alkanes) is 2. The molecular formula is C18H33ClN6O3. The van der Waals surface area contributed by atoms with E-state index < -0.39 is 17.4 Å². The van der Waals surface area contributed by atoms with Crippen LogP contribution in [0.4, 0.5) is 5.95 Å². The molecule has 28 heavy (non-hydrogen) atoms. The maximum absolute atomic E-state index is 12.7. The quantitative estimate of drug-likeness (QED) is 0.327. The molecule has 0 saturated heterocycles. The first kappa shape index (κ1) is 24.2. The number of nitrogens with zero attached hydrogens (tertiary/aromatic N) is 4. The van der Waals surface area contributed by atoms with E-state index in [-0.39, 0.29) is 19.0 Å². The van der Waals surface area contributed by atoms with Gasteiger partial charge in [-0.15, -0.1) is 0 Å². The number of quaternary nitrogens is 1. The van der Waals surface area contributed by atoms with E-state index in [1.54, 1.807) is 11.6 Å². The van der Waals surface area contributed by atoms with Crippen LogP contribution in [0.1, 0.15) is 39.5 Å². The number of aromatic nitrogens is 4. The first-order valence-electron chi connectivity index (χ1n) is 9.82. The fourth-order valence-electron chi connectivity index (χ4n) is 3.08. The fourth-order valence-corrected chi connectivity index (χ4v) is 3.08. The first-order chi connectivity index (χ1) is 12.9. The second kappa shape index (κ2) is 11.2. The Labute approximate surface area is 171 Å². The lowest BCUT2D eigenvalue weighted by atomic mass is 10.3. The van der Waals surface area contributed by atoms with Crippen LogP contribution in [0.2, 0.25) is 0 Å². The Morgan fingerprint density at radius 1 is 1.14 bits per heavy atom. The smallest absolute Gasteiger partial charge is 0.332 e. The Kier molecular flexibility index (Phi) is 9.71. The summed E-state index contributed by atoms with van der Waals surface area (Å²) in [6, 6.07) is 0. The van der Waals surface area contributed by atoms with Gasteiger partial charge in [0.2, 0.25) is 5.95 Å². The van der Waals surface area contributed by atoms with Crippen molar-refractivity contribution in [2.45, 2.75) is 52.2 Å². The zero-order chi connectivity index (χ0) is 20.0. The van der Waals surface area contributed by atoms with Crippen LogP contribution in [0.15, 0.2) is 9.59 Å². The monoisotopic (exact) mass is 416 g/mol. The standard InChI is InChI=1S/C18H32N6O3.ClH/c1-5-7-9-19-11-13(25)12-24-14-15(21-17(24)20-10-8-6-2)22(3)18(27)23(4)16(14)26;/h13,19,25H,5-12H2,1-4H3,(H,20,21);1H. The fraction of sp³-hybridized carbons (Fsp3) is 0.722. The van der Waals surface area contributed by atoms with Crippen LogP contribution in [0.5, 0.6) is 0 Å². The third-order valence-corrected chi connectivity index (χ3v) is 4.76. The Morgan fingerprint density at radius 2 is 1.82 bits per heavy atom. The Bertz CT molecular complexity index is 873. The largest absolute Gasteiger partial charge is 1.00 e. The highest BCUT2D eigenvalue weighted by Gasteiger charge is 2.21. The molecule has 9 nitrogen and oxygen atoms in total. The Hall–Kier alpha value is -1.84. The number of halogens is 1. The normalized spacial score (nSPS) is 12.2. The first-order valence-corrected chi connectivity index (χ1v) is 9.82. The van der Waals surface area contributed by atoms with Gasteiger partial charge in [0.15, 0.2) is 11.2 Å². The van der Waals surface area contributed by atoms with Gasteiger partial charge in [0.25, 0.3) is 5.56 Å². The number of hydrogen-bond donors (Lipinski definition) is 3. The van der Waals surface area contributed by atoms with Crippen LogP contribution in [-0.4, -0.2) is 49.5 Å². The van der Waals surface area contributed by atoms with Crippen molar-refractivity contribution in [2.24, 2.45) is 14.1 Å². The zero-order valence-corrected chi connectivity index (χ0v) is 18.0. The van der Waals surface area contributed by atoms with Crippen molar-refractivity contribution in [1.82, 2.24) is 18.7 Å². The molecule has 0 amide bonds. The van der Waals surface area contributed by atoms with Crippen LogP contribution >= 0.6 is 0 Å². The van der Waals surface area contributed by atoms with Gasteiger partial charge >= 0.3 is 5.69 Å². The molecule has 160 valence electrons. The number of imidazole rings is 1. The van der Waals surface area contributed by atoms with E-state index >= 15 is 0 Å². The van der Waals surface area contributed by atoms with Gasteiger partial charge in [-0.1, -0.05) is 26.7 Å². The summed E-state index contributed by atoms with van der Waals surface area (Å²) in [5, 5.41) is 15.8. The van der Waals surface area contributed by atoms with Gasteiger partial charge in [-0.3, -0.25) is 13.9 Å². The number of hydrogen-bond acceptors (Lipinski definition) is 5. The number of fused-ring (bicyclic) bond motifs is 1. The molecule has 2 heterocycles. The number of aliphatic hydroxyl groups is 1. The highest BCUT2D eigenvalue weighted by Crippen LogP contribution is 2.16. The molecule has 0 bridgehead atoms. The third-order valence-electron chi connectivity index (χ3n) is 4.76. The molecule has 2 rings (SSSR count). The molecule has 1 unspecified atom stereocenters. The highest BCUT2D eigenvalue weighted by atomic mass is 35.5. The van der Waals surface area contributed by atoms with Gasteiger partial charge in [0, 0.05) is 20.6 Å². The Morgan fingerprint density at radius 3 is 2.46 bits per heavy atom. The lowest BCUT2D eigenvalue weighted by Crippen LogP contribution is -3.00. The van der Waals surface area contributed by atoms with Crippen molar-refractivity contribution in [3.05, 3.63) is 20.8 Å². The third kappa shape index (κ3) is 5.36. The molecule has 0 aromatic carbocycles. The van der Waals surface area contributed by atoms with Gasteiger partial charge < -0.3 is 32.7 Å². The molecule has 0 aliphatic carbocycles. The maximum Gasteiger partial charge on any atom is 0.332 e. The predicted molar refractivity (Wildman–Crippen MR) is 106 cm³/mol. The lowest BCUT2D eigenvalue weighted by Gasteiger charge is -2.14. The van der Waals surface area contributed by atoms with E-state index in [0.717, 1.165) is 36.8 Å². The lowest BCUT2D eigenvalue weighted by molar-refractivity contribution is -0.661. The van der Waals surface area contributed by atoms with Crippen molar-refractivity contribution in [2.75, 3.05) is 25.0 Å². The molecule has 0 saturated carbocycles. The van der Waals surface area contributed by atoms with Crippen molar-refractivity contribution < 1.29 is 22.8 Å². The molecule has 4 N–H and O–H groups in total. The number of rotatable bonds is 11. The SMILES string of the molecule is CCCCNc1nc2c(c(=O)n(C)c(=O)n2C)n1CC(O)C[NH2+]CCCC.[Cl-]. The van der Waals surface area contributed by atoms with E-state index in [1.807, 2.05) is 0 Å². The minimum Gasteiger partial charge on any atom is -1.00 e. The van der Waals surface area contributed by atoms with Crippen LogP contribution in [0, 0.1) is 0 Å². The van der Waals surface area contributed by atoms with Crippen LogP contribution in [0.25, 0.3) is 11.2 Å². The van der Waals surface area contributed by atoms with E-state index in [0.29, 0.717) is 30.2 Å². The summed E-state index contributed by atoms with van der Waals surface area (Å²) in [5.74, 6) is 0.518. The molecule has 2 aromatic rings. The van der Waals surface area contributed by atoms with Crippen molar-refractivity contribution in [3.63, 3.8) is 0 Å². The molecule has 0 fully saturated rings. The molecule has 0 spiro atoms.